The number of carbonyl (C=O) groups is 2. The zero-order chi connectivity index (χ0) is 20.1. The number of amides is 2. The summed E-state index contributed by atoms with van der Waals surface area (Å²) in [5.41, 5.74) is 0.249. The second kappa shape index (κ2) is 8.85. The van der Waals surface area contributed by atoms with E-state index < -0.39 is 16.7 Å². The van der Waals surface area contributed by atoms with E-state index in [1.807, 2.05) is 0 Å². The van der Waals surface area contributed by atoms with Crippen LogP contribution < -0.4 is 10.6 Å². The van der Waals surface area contributed by atoms with Gasteiger partial charge in [-0.2, -0.15) is 0 Å². The van der Waals surface area contributed by atoms with Gasteiger partial charge in [0.25, 0.3) is 11.6 Å². The molecule has 0 bridgehead atoms. The second-order valence-electron chi connectivity index (χ2n) is 5.29. The first-order chi connectivity index (χ1) is 12.7. The molecule has 0 heterocycles. The van der Waals surface area contributed by atoms with Crippen molar-refractivity contribution < 1.29 is 14.5 Å². The predicted octanol–water partition coefficient (Wildman–Crippen LogP) is 4.67. The van der Waals surface area contributed by atoms with E-state index in [2.05, 4.69) is 10.6 Å². The highest BCUT2D eigenvalue weighted by molar-refractivity contribution is 6.44. The quantitative estimate of drug-likeness (QED) is 0.313. The van der Waals surface area contributed by atoms with Crippen LogP contribution in [0.3, 0.4) is 0 Å². The van der Waals surface area contributed by atoms with Crippen LogP contribution in [0, 0.1) is 10.1 Å². The number of benzene rings is 2. The molecule has 0 aliphatic carbocycles. The molecule has 0 saturated heterocycles. The maximum Gasteiger partial charge on any atom is 0.272 e. The molecule has 2 rings (SSSR count). The van der Waals surface area contributed by atoms with Crippen LogP contribution in [0.25, 0.3) is 6.08 Å². The van der Waals surface area contributed by atoms with E-state index in [9.17, 15) is 19.7 Å². The van der Waals surface area contributed by atoms with E-state index in [1.165, 1.54) is 43.3 Å². The van der Waals surface area contributed by atoms with E-state index in [-0.39, 0.29) is 32.1 Å². The highest BCUT2D eigenvalue weighted by Gasteiger charge is 2.15. The Balaban J connectivity index is 2.37. The summed E-state index contributed by atoms with van der Waals surface area (Å²) in [7, 11) is 0. The van der Waals surface area contributed by atoms with Crippen LogP contribution in [0.15, 0.2) is 42.1 Å². The maximum atomic E-state index is 12.6. The minimum absolute atomic E-state index is 0.134. The van der Waals surface area contributed by atoms with Crippen molar-refractivity contribution in [2.75, 3.05) is 5.32 Å². The minimum Gasteiger partial charge on any atom is -0.322 e. The number of hydrogen-bond acceptors (Lipinski definition) is 4. The SMILES string of the molecule is CC(=O)N/C(=C\c1cccc([N+](=O)[O-])c1)C(=O)Nc1cc(Cl)c(Cl)cc1Cl. The lowest BCUT2D eigenvalue weighted by Crippen LogP contribution is -2.29. The molecule has 2 N–H and O–H groups in total. The fraction of sp³-hybridized carbons (Fsp3) is 0.0588. The standard InChI is InChI=1S/C17H12Cl3N3O4/c1-9(24)21-16(6-10-3-2-4-11(5-10)23(26)27)17(25)22-15-8-13(19)12(18)7-14(15)20/h2-8H,1H3,(H,21,24)(H,22,25)/b16-6-. The molecule has 140 valence electrons. The summed E-state index contributed by atoms with van der Waals surface area (Å²) in [6.07, 6.45) is 1.30. The average Bonchev–Trinajstić information content (AvgIpc) is 2.59. The first-order valence-corrected chi connectivity index (χ1v) is 8.50. The first-order valence-electron chi connectivity index (χ1n) is 7.37. The molecule has 0 aliphatic heterocycles. The molecule has 2 amide bonds. The van der Waals surface area contributed by atoms with Crippen LogP contribution in [0.5, 0.6) is 0 Å². The van der Waals surface area contributed by atoms with Gasteiger partial charge < -0.3 is 10.6 Å². The van der Waals surface area contributed by atoms with E-state index in [1.54, 1.807) is 6.07 Å². The summed E-state index contributed by atoms with van der Waals surface area (Å²) in [6, 6.07) is 8.32. The highest BCUT2D eigenvalue weighted by Crippen LogP contribution is 2.32. The molecule has 0 fully saturated rings. The van der Waals surface area contributed by atoms with Gasteiger partial charge in [-0.25, -0.2) is 0 Å². The van der Waals surface area contributed by atoms with Crippen molar-refractivity contribution in [3.05, 3.63) is 72.8 Å². The molecule has 0 unspecified atom stereocenters. The first kappa shape index (κ1) is 20.7. The lowest BCUT2D eigenvalue weighted by molar-refractivity contribution is -0.384. The zero-order valence-electron chi connectivity index (χ0n) is 13.8. The number of carbonyl (C=O) groups excluding carboxylic acids is 2. The number of nitro benzene ring substituents is 1. The number of nitrogens with zero attached hydrogens (tertiary/aromatic N) is 1. The van der Waals surface area contributed by atoms with Crippen LogP contribution in [0.2, 0.25) is 15.1 Å². The van der Waals surface area contributed by atoms with Gasteiger partial charge in [0.2, 0.25) is 5.91 Å². The largest absolute Gasteiger partial charge is 0.322 e. The van der Waals surface area contributed by atoms with Crippen molar-refractivity contribution in [1.82, 2.24) is 5.32 Å². The molecule has 0 aromatic heterocycles. The van der Waals surface area contributed by atoms with Gasteiger partial charge in [-0.15, -0.1) is 0 Å². The van der Waals surface area contributed by atoms with E-state index in [4.69, 9.17) is 34.8 Å². The van der Waals surface area contributed by atoms with Gasteiger partial charge in [0.05, 0.1) is 25.7 Å². The van der Waals surface area contributed by atoms with Gasteiger partial charge in [-0.3, -0.25) is 19.7 Å². The Morgan fingerprint density at radius 1 is 1.07 bits per heavy atom. The van der Waals surface area contributed by atoms with Crippen molar-refractivity contribution in [3.63, 3.8) is 0 Å². The molecular formula is C17H12Cl3N3O4. The Bertz CT molecular complexity index is 960. The van der Waals surface area contributed by atoms with Crippen LogP contribution in [0.4, 0.5) is 11.4 Å². The topological polar surface area (TPSA) is 101 Å². The van der Waals surface area contributed by atoms with Gasteiger partial charge in [0.1, 0.15) is 5.70 Å². The van der Waals surface area contributed by atoms with Crippen molar-refractivity contribution in [1.29, 1.82) is 0 Å². The maximum absolute atomic E-state index is 12.6. The van der Waals surface area contributed by atoms with Crippen LogP contribution in [-0.2, 0) is 9.59 Å². The van der Waals surface area contributed by atoms with E-state index in [0.29, 0.717) is 5.56 Å². The number of rotatable bonds is 5. The van der Waals surface area contributed by atoms with Crippen molar-refractivity contribution in [3.8, 4) is 0 Å². The molecule has 0 spiro atoms. The fourth-order valence-corrected chi connectivity index (χ4v) is 2.64. The predicted molar refractivity (Wildman–Crippen MR) is 105 cm³/mol. The van der Waals surface area contributed by atoms with Crippen molar-refractivity contribution in [2.45, 2.75) is 6.92 Å². The third kappa shape index (κ3) is 5.68. The van der Waals surface area contributed by atoms with Crippen molar-refractivity contribution in [2.24, 2.45) is 0 Å². The van der Waals surface area contributed by atoms with Gasteiger partial charge in [-0.1, -0.05) is 46.9 Å². The third-order valence-electron chi connectivity index (χ3n) is 3.21. The van der Waals surface area contributed by atoms with E-state index in [0.717, 1.165) is 0 Å². The van der Waals surface area contributed by atoms with Gasteiger partial charge in [-0.05, 0) is 23.8 Å². The third-order valence-corrected chi connectivity index (χ3v) is 4.24. The van der Waals surface area contributed by atoms with Crippen molar-refractivity contribution >= 4 is 64.1 Å². The average molecular weight is 429 g/mol. The molecule has 0 atom stereocenters. The van der Waals surface area contributed by atoms with Crippen LogP contribution in [0.1, 0.15) is 12.5 Å². The molecule has 0 saturated carbocycles. The van der Waals surface area contributed by atoms with Gasteiger partial charge >= 0.3 is 0 Å². The van der Waals surface area contributed by atoms with Crippen LogP contribution in [-0.4, -0.2) is 16.7 Å². The normalized spacial score (nSPS) is 11.0. The number of nitro groups is 1. The minimum atomic E-state index is -0.697. The lowest BCUT2D eigenvalue weighted by Gasteiger charge is -2.12. The lowest BCUT2D eigenvalue weighted by atomic mass is 10.1. The Morgan fingerprint density at radius 3 is 2.37 bits per heavy atom. The summed E-state index contributed by atoms with van der Waals surface area (Å²) in [6.45, 7) is 1.22. The summed E-state index contributed by atoms with van der Waals surface area (Å²) < 4.78 is 0. The molecule has 0 aliphatic rings. The number of non-ortho nitro benzene ring substituents is 1. The monoisotopic (exact) mass is 427 g/mol. The Hall–Kier alpha value is -2.61. The molecule has 10 heteroatoms. The Labute approximate surface area is 169 Å². The number of halogens is 3. The summed E-state index contributed by atoms with van der Waals surface area (Å²) in [4.78, 5) is 34.3. The second-order valence-corrected chi connectivity index (χ2v) is 6.51. The fourth-order valence-electron chi connectivity index (χ4n) is 2.05. The molecular weight excluding hydrogens is 417 g/mol. The molecule has 27 heavy (non-hydrogen) atoms. The summed E-state index contributed by atoms with van der Waals surface area (Å²) in [5.74, 6) is -1.20. The van der Waals surface area contributed by atoms with E-state index >= 15 is 0 Å². The smallest absolute Gasteiger partial charge is 0.272 e. The Kier molecular flexibility index (Phi) is 6.79. The highest BCUT2D eigenvalue weighted by atomic mass is 35.5. The molecule has 2 aromatic carbocycles. The summed E-state index contributed by atoms with van der Waals surface area (Å²) in [5, 5.41) is 16.3. The number of anilines is 1. The van der Waals surface area contributed by atoms with Crippen LogP contribution >= 0.6 is 34.8 Å². The molecule has 2 aromatic rings. The van der Waals surface area contributed by atoms with Gasteiger partial charge in [0, 0.05) is 19.1 Å². The zero-order valence-corrected chi connectivity index (χ0v) is 16.0. The number of nitrogens with one attached hydrogen (secondary N) is 2. The number of hydrogen-bond donors (Lipinski definition) is 2. The van der Waals surface area contributed by atoms with Gasteiger partial charge in [0.15, 0.2) is 0 Å². The molecule has 0 radical (unpaired) electrons. The molecule has 7 nitrogen and oxygen atoms in total. The Morgan fingerprint density at radius 2 is 1.74 bits per heavy atom. The summed E-state index contributed by atoms with van der Waals surface area (Å²) >= 11 is 17.8.